The summed E-state index contributed by atoms with van der Waals surface area (Å²) in [7, 11) is 0. The van der Waals surface area contributed by atoms with Gasteiger partial charge in [-0.05, 0) is 42.8 Å². The molecular formula is C18H13F3O4S. The van der Waals surface area contributed by atoms with Gasteiger partial charge in [-0.15, -0.1) is 24.5 Å². The predicted octanol–water partition coefficient (Wildman–Crippen LogP) is 5.39. The van der Waals surface area contributed by atoms with Crippen molar-refractivity contribution in [1.82, 2.24) is 0 Å². The van der Waals surface area contributed by atoms with E-state index in [1.54, 1.807) is 6.07 Å². The van der Waals surface area contributed by atoms with Gasteiger partial charge in [-0.1, -0.05) is 12.1 Å². The number of hydrogen-bond acceptors (Lipinski definition) is 4. The van der Waals surface area contributed by atoms with Crippen molar-refractivity contribution >= 4 is 27.4 Å². The molecule has 2 aromatic carbocycles. The molecule has 0 spiro atoms. The Hall–Kier alpha value is -2.74. The fraction of sp³-hybridized carbons (Fsp3) is 0.167. The van der Waals surface area contributed by atoms with Crippen LogP contribution in [0.1, 0.15) is 20.8 Å². The summed E-state index contributed by atoms with van der Waals surface area (Å²) >= 11 is 1.52. The Morgan fingerprint density at radius 2 is 1.85 bits per heavy atom. The molecule has 0 fully saturated rings. The number of aromatic carboxylic acids is 1. The van der Waals surface area contributed by atoms with Crippen LogP contribution in [0.15, 0.2) is 42.5 Å². The lowest BCUT2D eigenvalue weighted by atomic mass is 10.1. The van der Waals surface area contributed by atoms with E-state index in [2.05, 4.69) is 4.74 Å². The first kappa shape index (κ1) is 18.1. The average Bonchev–Trinajstić information content (AvgIpc) is 2.92. The molecule has 0 aliphatic rings. The predicted molar refractivity (Wildman–Crippen MR) is 91.0 cm³/mol. The minimum atomic E-state index is -4.75. The Bertz CT molecular complexity index is 945. The molecule has 0 saturated heterocycles. The lowest BCUT2D eigenvalue weighted by Crippen LogP contribution is -2.17. The zero-order valence-electron chi connectivity index (χ0n) is 13.5. The Morgan fingerprint density at radius 1 is 1.15 bits per heavy atom. The fourth-order valence-electron chi connectivity index (χ4n) is 2.48. The number of rotatable bonds is 5. The van der Waals surface area contributed by atoms with Gasteiger partial charge in [0.15, 0.2) is 0 Å². The maximum atomic E-state index is 12.2. The second-order valence-electron chi connectivity index (χ2n) is 5.50. The first-order valence-electron chi connectivity index (χ1n) is 7.47. The van der Waals surface area contributed by atoms with Crippen LogP contribution in [-0.2, 0) is 6.61 Å². The molecule has 0 bridgehead atoms. The number of thiophene rings is 1. The van der Waals surface area contributed by atoms with Crippen molar-refractivity contribution in [1.29, 1.82) is 0 Å². The van der Waals surface area contributed by atoms with Crippen molar-refractivity contribution < 1.29 is 32.5 Å². The number of hydrogen-bond donors (Lipinski definition) is 1. The van der Waals surface area contributed by atoms with Gasteiger partial charge >= 0.3 is 12.3 Å². The molecule has 0 amide bonds. The summed E-state index contributed by atoms with van der Waals surface area (Å²) in [6.45, 7) is 1.93. The Labute approximate surface area is 150 Å². The maximum Gasteiger partial charge on any atom is 0.573 e. The molecule has 1 N–H and O–H groups in total. The van der Waals surface area contributed by atoms with Crippen LogP contribution >= 0.6 is 11.3 Å². The molecule has 8 heteroatoms. The zero-order valence-corrected chi connectivity index (χ0v) is 14.3. The van der Waals surface area contributed by atoms with Crippen molar-refractivity contribution in [3.8, 4) is 11.5 Å². The van der Waals surface area contributed by atoms with Gasteiger partial charge in [0.25, 0.3) is 0 Å². The molecule has 0 saturated carbocycles. The monoisotopic (exact) mass is 382 g/mol. The summed E-state index contributed by atoms with van der Waals surface area (Å²) in [4.78, 5) is 12.5. The van der Waals surface area contributed by atoms with Crippen molar-refractivity contribution in [2.45, 2.75) is 19.9 Å². The SMILES string of the molecule is Cc1cc2c(OCc3ccc(OC(F)(F)F)cc3)c(C(=O)O)ccc2s1. The van der Waals surface area contributed by atoms with Crippen LogP contribution in [0.25, 0.3) is 10.1 Å². The lowest BCUT2D eigenvalue weighted by molar-refractivity contribution is -0.274. The fourth-order valence-corrected chi connectivity index (χ4v) is 3.40. The summed E-state index contributed by atoms with van der Waals surface area (Å²) in [5.41, 5.74) is 0.618. The highest BCUT2D eigenvalue weighted by atomic mass is 32.1. The van der Waals surface area contributed by atoms with Crippen molar-refractivity contribution in [2.75, 3.05) is 0 Å². The largest absolute Gasteiger partial charge is 0.573 e. The minimum absolute atomic E-state index is 0.0145. The Morgan fingerprint density at radius 3 is 2.46 bits per heavy atom. The summed E-state index contributed by atoms with van der Waals surface area (Å²) < 4.78 is 47.0. The summed E-state index contributed by atoms with van der Waals surface area (Å²) in [5.74, 6) is -1.20. The smallest absolute Gasteiger partial charge is 0.487 e. The molecule has 0 unspecified atom stereocenters. The Balaban J connectivity index is 1.83. The number of halogens is 3. The molecule has 0 aliphatic heterocycles. The van der Waals surface area contributed by atoms with Crippen molar-refractivity contribution in [3.05, 3.63) is 58.5 Å². The minimum Gasteiger partial charge on any atom is -0.487 e. The molecule has 1 heterocycles. The Kier molecular flexibility index (Phi) is 4.78. The van der Waals surface area contributed by atoms with Gasteiger partial charge in [0.1, 0.15) is 23.7 Å². The highest BCUT2D eigenvalue weighted by molar-refractivity contribution is 7.19. The summed E-state index contributed by atoms with van der Waals surface area (Å²) in [6.07, 6.45) is -4.75. The number of fused-ring (bicyclic) bond motifs is 1. The van der Waals surface area contributed by atoms with E-state index in [9.17, 15) is 23.1 Å². The molecule has 1 aromatic heterocycles. The van der Waals surface area contributed by atoms with Crippen LogP contribution in [0, 0.1) is 6.92 Å². The van der Waals surface area contributed by atoms with Gasteiger partial charge in [-0.25, -0.2) is 4.79 Å². The third kappa shape index (κ3) is 4.08. The summed E-state index contributed by atoms with van der Waals surface area (Å²) in [5, 5.41) is 10.1. The first-order valence-corrected chi connectivity index (χ1v) is 8.28. The average molecular weight is 382 g/mol. The van der Waals surface area contributed by atoms with Gasteiger partial charge in [0.05, 0.1) is 0 Å². The van der Waals surface area contributed by atoms with Gasteiger partial charge in [0.2, 0.25) is 0 Å². The molecule has 26 heavy (non-hydrogen) atoms. The third-order valence-electron chi connectivity index (χ3n) is 3.55. The number of ether oxygens (including phenoxy) is 2. The molecule has 0 atom stereocenters. The van der Waals surface area contributed by atoms with E-state index in [0.717, 1.165) is 9.58 Å². The number of carboxylic acids is 1. The standard InChI is InChI=1S/C18H13F3O4S/c1-10-8-14-15(26-10)7-6-13(17(22)23)16(14)24-9-11-2-4-12(5-3-11)25-18(19,20)21/h2-8H,9H2,1H3,(H,22,23). The summed E-state index contributed by atoms with van der Waals surface area (Å²) in [6, 6.07) is 10.3. The van der Waals surface area contributed by atoms with Crippen molar-refractivity contribution in [3.63, 3.8) is 0 Å². The van der Waals surface area contributed by atoms with Crippen LogP contribution in [-0.4, -0.2) is 17.4 Å². The van der Waals surface area contributed by atoms with E-state index < -0.39 is 12.3 Å². The highest BCUT2D eigenvalue weighted by Crippen LogP contribution is 2.36. The van der Waals surface area contributed by atoms with E-state index in [0.29, 0.717) is 10.9 Å². The maximum absolute atomic E-state index is 12.2. The van der Waals surface area contributed by atoms with Crippen LogP contribution < -0.4 is 9.47 Å². The van der Waals surface area contributed by atoms with E-state index in [1.807, 2.05) is 13.0 Å². The van der Waals surface area contributed by atoms with Gasteiger partial charge in [-0.3, -0.25) is 0 Å². The lowest BCUT2D eigenvalue weighted by Gasteiger charge is -2.12. The molecule has 0 radical (unpaired) electrons. The van der Waals surface area contributed by atoms with E-state index in [4.69, 9.17) is 4.74 Å². The van der Waals surface area contributed by atoms with Crippen LogP contribution in [0.3, 0.4) is 0 Å². The molecule has 4 nitrogen and oxygen atoms in total. The van der Waals surface area contributed by atoms with Crippen LogP contribution in [0.5, 0.6) is 11.5 Å². The normalized spacial score (nSPS) is 11.5. The van der Waals surface area contributed by atoms with Gasteiger partial charge in [0, 0.05) is 15.0 Å². The molecule has 136 valence electrons. The van der Waals surface area contributed by atoms with Crippen LogP contribution in [0.2, 0.25) is 0 Å². The molecule has 3 aromatic rings. The number of aryl methyl sites for hydroxylation is 1. The molecule has 3 rings (SSSR count). The second kappa shape index (κ2) is 6.87. The number of benzene rings is 2. The second-order valence-corrected chi connectivity index (χ2v) is 6.78. The number of carbonyl (C=O) groups is 1. The molecular weight excluding hydrogens is 369 g/mol. The quantitative estimate of drug-likeness (QED) is 0.643. The third-order valence-corrected chi connectivity index (χ3v) is 4.56. The molecule has 0 aliphatic carbocycles. The first-order chi connectivity index (χ1) is 12.2. The van der Waals surface area contributed by atoms with Gasteiger partial charge in [-0.2, -0.15) is 0 Å². The van der Waals surface area contributed by atoms with Crippen molar-refractivity contribution in [2.24, 2.45) is 0 Å². The van der Waals surface area contributed by atoms with Gasteiger partial charge < -0.3 is 14.6 Å². The van der Waals surface area contributed by atoms with E-state index >= 15 is 0 Å². The van der Waals surface area contributed by atoms with Crippen LogP contribution in [0.4, 0.5) is 13.2 Å². The zero-order chi connectivity index (χ0) is 18.9. The number of carboxylic acid groups (broad SMARTS) is 1. The topological polar surface area (TPSA) is 55.8 Å². The van der Waals surface area contributed by atoms with E-state index in [1.165, 1.54) is 41.7 Å². The van der Waals surface area contributed by atoms with E-state index in [-0.39, 0.29) is 23.7 Å². The highest BCUT2D eigenvalue weighted by Gasteiger charge is 2.30. The number of alkyl halides is 3.